The summed E-state index contributed by atoms with van der Waals surface area (Å²) in [6, 6.07) is 6.34. The van der Waals surface area contributed by atoms with E-state index in [4.69, 9.17) is 0 Å². The van der Waals surface area contributed by atoms with Gasteiger partial charge in [-0.15, -0.1) is 0 Å². The molecule has 0 aliphatic carbocycles. The summed E-state index contributed by atoms with van der Waals surface area (Å²) in [7, 11) is 0. The summed E-state index contributed by atoms with van der Waals surface area (Å²) < 4.78 is 0. The molecule has 1 radical (unpaired) electrons. The predicted molar refractivity (Wildman–Crippen MR) is 47.4 cm³/mol. The van der Waals surface area contributed by atoms with Crippen LogP contribution in [0.3, 0.4) is 0 Å². The van der Waals surface area contributed by atoms with E-state index in [0.29, 0.717) is 0 Å². The average molecular weight is 144 g/mol. The third-order valence-electron chi connectivity index (χ3n) is 1.85. The normalized spacial score (nSPS) is 14.5. The Labute approximate surface area is 66.8 Å². The Balaban J connectivity index is 2.54. The number of hydrogen-bond donors (Lipinski definition) is 0. The molecule has 11 heavy (non-hydrogen) atoms. The van der Waals surface area contributed by atoms with Gasteiger partial charge in [-0.3, -0.25) is 4.99 Å². The first-order valence-electron chi connectivity index (χ1n) is 3.76. The second-order valence-electron chi connectivity index (χ2n) is 2.96. The molecule has 1 nitrogen and oxygen atoms in total. The second-order valence-corrected chi connectivity index (χ2v) is 2.96. The third kappa shape index (κ3) is 1.07. The lowest BCUT2D eigenvalue weighted by molar-refractivity contribution is 1.42. The zero-order chi connectivity index (χ0) is 7.84. The number of aliphatic imine (C=N–C) groups is 1. The highest BCUT2D eigenvalue weighted by Crippen LogP contribution is 2.28. The highest BCUT2D eigenvalue weighted by atomic mass is 14.8. The third-order valence-corrected chi connectivity index (χ3v) is 1.85. The standard InChI is InChI=1S/C10H10N/c1-7-3-4-9-6-8(2)11-10(9)5-7/h3-6H,1-2H3. The van der Waals surface area contributed by atoms with Gasteiger partial charge in [-0.25, -0.2) is 0 Å². The van der Waals surface area contributed by atoms with E-state index in [0.717, 1.165) is 11.4 Å². The van der Waals surface area contributed by atoms with Gasteiger partial charge in [0.1, 0.15) is 0 Å². The minimum atomic E-state index is 1.10. The molecule has 1 aliphatic rings. The molecular weight excluding hydrogens is 134 g/mol. The first-order valence-corrected chi connectivity index (χ1v) is 3.76. The highest BCUT2D eigenvalue weighted by Gasteiger charge is 2.10. The van der Waals surface area contributed by atoms with Crippen LogP contribution < -0.4 is 0 Å². The van der Waals surface area contributed by atoms with E-state index < -0.39 is 0 Å². The van der Waals surface area contributed by atoms with Gasteiger partial charge >= 0.3 is 0 Å². The van der Waals surface area contributed by atoms with Crippen molar-refractivity contribution in [2.24, 2.45) is 4.99 Å². The van der Waals surface area contributed by atoms with Crippen molar-refractivity contribution in [2.75, 3.05) is 0 Å². The summed E-state index contributed by atoms with van der Waals surface area (Å²) in [5.41, 5.74) is 4.73. The van der Waals surface area contributed by atoms with Crippen molar-refractivity contribution in [3.05, 3.63) is 35.7 Å². The van der Waals surface area contributed by atoms with E-state index in [1.807, 2.05) is 6.92 Å². The number of nitrogens with zero attached hydrogens (tertiary/aromatic N) is 1. The molecule has 0 unspecified atom stereocenters. The van der Waals surface area contributed by atoms with Gasteiger partial charge in [0, 0.05) is 12.1 Å². The van der Waals surface area contributed by atoms with Crippen LogP contribution in [0.5, 0.6) is 0 Å². The van der Waals surface area contributed by atoms with Crippen LogP contribution in [0.2, 0.25) is 0 Å². The van der Waals surface area contributed by atoms with Gasteiger partial charge in [0.25, 0.3) is 0 Å². The SMILES string of the molecule is CC1=Nc2cc(C)ccc2[CH]1. The molecule has 55 valence electrons. The molecule has 2 rings (SSSR count). The predicted octanol–water partition coefficient (Wildman–Crippen LogP) is 2.65. The second kappa shape index (κ2) is 2.19. The van der Waals surface area contributed by atoms with Crippen LogP contribution in [0.25, 0.3) is 0 Å². The fraction of sp³-hybridized carbons (Fsp3) is 0.200. The average Bonchev–Trinajstić information content (AvgIpc) is 2.27. The van der Waals surface area contributed by atoms with E-state index in [2.05, 4.69) is 36.5 Å². The maximum Gasteiger partial charge on any atom is 0.0670 e. The first-order chi connectivity index (χ1) is 5.25. The molecule has 0 bridgehead atoms. The Morgan fingerprint density at radius 2 is 2.00 bits per heavy atom. The van der Waals surface area contributed by atoms with Crippen molar-refractivity contribution in [1.29, 1.82) is 0 Å². The summed E-state index contributed by atoms with van der Waals surface area (Å²) in [5, 5.41) is 0. The lowest BCUT2D eigenvalue weighted by Crippen LogP contribution is -1.84. The molecule has 1 heterocycles. The number of aryl methyl sites for hydroxylation is 1. The van der Waals surface area contributed by atoms with Crippen LogP contribution >= 0.6 is 0 Å². The molecule has 1 aromatic carbocycles. The Hall–Kier alpha value is -1.11. The van der Waals surface area contributed by atoms with Crippen molar-refractivity contribution in [1.82, 2.24) is 0 Å². The van der Waals surface area contributed by atoms with Crippen molar-refractivity contribution in [3.8, 4) is 0 Å². The summed E-state index contributed by atoms with van der Waals surface area (Å²) in [6.45, 7) is 4.11. The van der Waals surface area contributed by atoms with Gasteiger partial charge in [0.15, 0.2) is 0 Å². The minimum Gasteiger partial charge on any atom is -0.257 e. The van der Waals surface area contributed by atoms with Gasteiger partial charge in [0.05, 0.1) is 5.69 Å². The fourth-order valence-corrected chi connectivity index (χ4v) is 1.32. The van der Waals surface area contributed by atoms with Crippen molar-refractivity contribution >= 4 is 11.4 Å². The van der Waals surface area contributed by atoms with E-state index in [9.17, 15) is 0 Å². The number of fused-ring (bicyclic) bond motifs is 1. The van der Waals surface area contributed by atoms with Crippen LogP contribution in [0.4, 0.5) is 5.69 Å². The van der Waals surface area contributed by atoms with E-state index in [-0.39, 0.29) is 0 Å². The zero-order valence-corrected chi connectivity index (χ0v) is 6.76. The van der Waals surface area contributed by atoms with Crippen LogP contribution in [-0.4, -0.2) is 5.71 Å². The highest BCUT2D eigenvalue weighted by molar-refractivity contribution is 6.00. The van der Waals surface area contributed by atoms with Crippen LogP contribution in [0.1, 0.15) is 18.1 Å². The molecule has 0 fully saturated rings. The first kappa shape index (κ1) is 6.59. The quantitative estimate of drug-likeness (QED) is 0.530. The molecule has 0 saturated carbocycles. The van der Waals surface area contributed by atoms with Crippen LogP contribution in [0.15, 0.2) is 23.2 Å². The van der Waals surface area contributed by atoms with Crippen molar-refractivity contribution in [3.63, 3.8) is 0 Å². The molecule has 1 aliphatic heterocycles. The molecule has 1 heteroatoms. The topological polar surface area (TPSA) is 12.4 Å². The lowest BCUT2D eigenvalue weighted by Gasteiger charge is -1.96. The Morgan fingerprint density at radius 1 is 1.18 bits per heavy atom. The zero-order valence-electron chi connectivity index (χ0n) is 6.76. The van der Waals surface area contributed by atoms with Crippen LogP contribution in [-0.2, 0) is 0 Å². The molecule has 0 N–H and O–H groups in total. The molecule has 0 spiro atoms. The Kier molecular flexibility index (Phi) is 1.31. The summed E-state index contributed by atoms with van der Waals surface area (Å²) >= 11 is 0. The van der Waals surface area contributed by atoms with E-state index in [1.54, 1.807) is 0 Å². The van der Waals surface area contributed by atoms with Gasteiger partial charge in [-0.2, -0.15) is 0 Å². The maximum atomic E-state index is 4.37. The Bertz CT molecular complexity index is 324. The van der Waals surface area contributed by atoms with Gasteiger partial charge in [-0.05, 0) is 31.0 Å². The number of hydrogen-bond acceptors (Lipinski definition) is 1. The Morgan fingerprint density at radius 3 is 2.82 bits per heavy atom. The van der Waals surface area contributed by atoms with Gasteiger partial charge < -0.3 is 0 Å². The summed E-state index contributed by atoms with van der Waals surface area (Å²) in [6.07, 6.45) is 2.11. The van der Waals surface area contributed by atoms with Crippen molar-refractivity contribution < 1.29 is 0 Å². The van der Waals surface area contributed by atoms with Gasteiger partial charge in [-0.1, -0.05) is 12.1 Å². The summed E-state index contributed by atoms with van der Waals surface area (Å²) in [4.78, 5) is 4.37. The lowest BCUT2D eigenvalue weighted by atomic mass is 10.1. The van der Waals surface area contributed by atoms with E-state index in [1.165, 1.54) is 11.1 Å². The molecule has 0 atom stereocenters. The summed E-state index contributed by atoms with van der Waals surface area (Å²) in [5.74, 6) is 0. The largest absolute Gasteiger partial charge is 0.257 e. The molecular formula is C10H10N. The molecule has 0 aromatic heterocycles. The molecule has 0 amide bonds. The molecule has 1 aromatic rings. The van der Waals surface area contributed by atoms with Gasteiger partial charge in [0.2, 0.25) is 0 Å². The van der Waals surface area contributed by atoms with E-state index >= 15 is 0 Å². The minimum absolute atomic E-state index is 1.10. The molecule has 0 saturated heterocycles. The van der Waals surface area contributed by atoms with Crippen molar-refractivity contribution in [2.45, 2.75) is 13.8 Å². The van der Waals surface area contributed by atoms with Crippen LogP contribution in [0, 0.1) is 13.3 Å². The number of rotatable bonds is 0. The fourth-order valence-electron chi connectivity index (χ4n) is 1.32. The smallest absolute Gasteiger partial charge is 0.0670 e. The number of benzene rings is 1. The monoisotopic (exact) mass is 144 g/mol. The maximum absolute atomic E-state index is 4.37.